The number of piperidine rings is 1. The van der Waals surface area contributed by atoms with Crippen LogP contribution in [0.5, 0.6) is 5.88 Å². The highest BCUT2D eigenvalue weighted by atomic mass is 35.5. The van der Waals surface area contributed by atoms with Crippen molar-refractivity contribution in [2.45, 2.75) is 43.9 Å². The molecular weight excluding hydrogens is 322 g/mol. The van der Waals surface area contributed by atoms with E-state index in [1.165, 1.54) is 12.8 Å². The van der Waals surface area contributed by atoms with Gasteiger partial charge in [-0.05, 0) is 43.9 Å². The number of hydrogen-bond acceptors (Lipinski definition) is 4. The second-order valence-corrected chi connectivity index (χ2v) is 6.98. The fourth-order valence-electron chi connectivity index (χ4n) is 3.67. The smallest absolute Gasteiger partial charge is 0.215 e. The van der Waals surface area contributed by atoms with E-state index < -0.39 is 0 Å². The van der Waals surface area contributed by atoms with Gasteiger partial charge in [-0.25, -0.2) is 4.98 Å². The van der Waals surface area contributed by atoms with Crippen molar-refractivity contribution >= 4 is 11.6 Å². The maximum Gasteiger partial charge on any atom is 0.215 e. The van der Waals surface area contributed by atoms with Crippen molar-refractivity contribution in [1.29, 1.82) is 5.26 Å². The Labute approximate surface area is 146 Å². The third-order valence-corrected chi connectivity index (χ3v) is 5.01. The Hall–Kier alpha value is -2.09. The Balaban J connectivity index is 1.55. The molecule has 3 atom stereocenters. The molecule has 2 bridgehead atoms. The fourth-order valence-corrected chi connectivity index (χ4v) is 3.87. The number of nitrogens with one attached hydrogen (secondary N) is 1. The lowest BCUT2D eigenvalue weighted by Gasteiger charge is -2.29. The van der Waals surface area contributed by atoms with Crippen molar-refractivity contribution < 1.29 is 4.74 Å². The number of benzene rings is 1. The highest BCUT2D eigenvalue weighted by molar-refractivity contribution is 6.30. The Kier molecular flexibility index (Phi) is 4.13. The summed E-state index contributed by atoms with van der Waals surface area (Å²) in [6.45, 7) is 0. The van der Waals surface area contributed by atoms with Crippen LogP contribution in [0.1, 0.15) is 31.2 Å². The Morgan fingerprint density at radius 3 is 2.50 bits per heavy atom. The minimum absolute atomic E-state index is 0.198. The van der Waals surface area contributed by atoms with Crippen LogP contribution in [0, 0.1) is 11.3 Å². The van der Waals surface area contributed by atoms with E-state index in [0.717, 1.165) is 24.1 Å². The summed E-state index contributed by atoms with van der Waals surface area (Å²) in [7, 11) is 0. The van der Waals surface area contributed by atoms with Crippen LogP contribution >= 0.6 is 11.6 Å². The van der Waals surface area contributed by atoms with Crippen LogP contribution in [0.2, 0.25) is 5.02 Å². The summed E-state index contributed by atoms with van der Waals surface area (Å²) in [5.74, 6) is 0.577. The van der Waals surface area contributed by atoms with E-state index in [0.29, 0.717) is 28.5 Å². The van der Waals surface area contributed by atoms with Crippen LogP contribution in [0.25, 0.3) is 11.3 Å². The van der Waals surface area contributed by atoms with E-state index in [9.17, 15) is 0 Å². The molecule has 1 N–H and O–H groups in total. The van der Waals surface area contributed by atoms with Crippen LogP contribution in [0.15, 0.2) is 36.4 Å². The molecule has 2 aromatic rings. The molecule has 4 nitrogen and oxygen atoms in total. The van der Waals surface area contributed by atoms with Gasteiger partial charge in [0, 0.05) is 28.7 Å². The highest BCUT2D eigenvalue weighted by Gasteiger charge is 2.34. The summed E-state index contributed by atoms with van der Waals surface area (Å²) in [4.78, 5) is 4.61. The zero-order valence-corrected chi connectivity index (χ0v) is 14.0. The molecule has 3 heterocycles. The lowest BCUT2D eigenvalue weighted by atomic mass is 10.0. The average Bonchev–Trinajstić information content (AvgIpc) is 2.93. The molecule has 122 valence electrons. The number of rotatable bonds is 3. The second-order valence-electron chi connectivity index (χ2n) is 6.55. The van der Waals surface area contributed by atoms with Gasteiger partial charge in [-0.15, -0.1) is 0 Å². The van der Waals surface area contributed by atoms with Crippen molar-refractivity contribution in [1.82, 2.24) is 10.3 Å². The van der Waals surface area contributed by atoms with Crippen LogP contribution in [-0.4, -0.2) is 23.2 Å². The lowest BCUT2D eigenvalue weighted by Crippen LogP contribution is -2.42. The first-order valence-corrected chi connectivity index (χ1v) is 8.68. The summed E-state index contributed by atoms with van der Waals surface area (Å²) in [5.41, 5.74) is 2.31. The van der Waals surface area contributed by atoms with Gasteiger partial charge in [0.1, 0.15) is 6.10 Å². The van der Waals surface area contributed by atoms with Gasteiger partial charge in [0.05, 0.1) is 17.3 Å². The molecular formula is C19H18ClN3O. The van der Waals surface area contributed by atoms with E-state index in [2.05, 4.69) is 16.4 Å². The van der Waals surface area contributed by atoms with Gasteiger partial charge in [-0.2, -0.15) is 5.26 Å². The van der Waals surface area contributed by atoms with Gasteiger partial charge < -0.3 is 10.1 Å². The minimum atomic E-state index is 0.198. The van der Waals surface area contributed by atoms with Gasteiger partial charge in [0.2, 0.25) is 5.88 Å². The average molecular weight is 340 g/mol. The van der Waals surface area contributed by atoms with E-state index >= 15 is 0 Å². The summed E-state index contributed by atoms with van der Waals surface area (Å²) in [5, 5.41) is 13.1. The number of pyridine rings is 1. The molecule has 4 rings (SSSR count). The topological polar surface area (TPSA) is 57.9 Å². The zero-order valence-electron chi connectivity index (χ0n) is 13.2. The van der Waals surface area contributed by atoms with Crippen LogP contribution < -0.4 is 10.1 Å². The number of hydrogen-bond donors (Lipinski definition) is 1. The Morgan fingerprint density at radius 2 is 1.83 bits per heavy atom. The maximum atomic E-state index is 8.91. The number of nitriles is 1. The number of ether oxygens (including phenoxy) is 1. The molecule has 2 aliphatic rings. The Bertz CT molecular complexity index is 772. The van der Waals surface area contributed by atoms with Gasteiger partial charge >= 0.3 is 0 Å². The standard InChI is InChI=1S/C19H18ClN3O/c20-14-7-18(13-3-1-12(11-21)2-4-13)23-19(8-14)24-17-9-15-5-6-16(10-17)22-15/h1-4,7-8,15-17,22H,5-6,9-10H2/t15-,16+,17?. The molecule has 2 fully saturated rings. The van der Waals surface area contributed by atoms with Gasteiger partial charge in [-0.3, -0.25) is 0 Å². The van der Waals surface area contributed by atoms with Gasteiger partial charge in [-0.1, -0.05) is 23.7 Å². The number of fused-ring (bicyclic) bond motifs is 2. The van der Waals surface area contributed by atoms with Crippen molar-refractivity contribution in [3.8, 4) is 23.2 Å². The minimum Gasteiger partial charge on any atom is -0.474 e. The summed E-state index contributed by atoms with van der Waals surface area (Å²) in [6, 6.07) is 14.2. The van der Waals surface area contributed by atoms with Crippen molar-refractivity contribution in [2.75, 3.05) is 0 Å². The molecule has 0 amide bonds. The monoisotopic (exact) mass is 339 g/mol. The second kappa shape index (κ2) is 6.43. The number of halogens is 1. The molecule has 5 heteroatoms. The summed E-state index contributed by atoms with van der Waals surface area (Å²) >= 11 is 6.26. The van der Waals surface area contributed by atoms with E-state index in [-0.39, 0.29) is 6.10 Å². The fraction of sp³-hybridized carbons (Fsp3) is 0.368. The zero-order chi connectivity index (χ0) is 16.5. The third kappa shape index (κ3) is 3.24. The Morgan fingerprint density at radius 1 is 1.12 bits per heavy atom. The predicted octanol–water partition coefficient (Wildman–Crippen LogP) is 3.94. The molecule has 0 radical (unpaired) electrons. The first kappa shape index (κ1) is 15.4. The lowest BCUT2D eigenvalue weighted by molar-refractivity contribution is 0.132. The maximum absolute atomic E-state index is 8.91. The third-order valence-electron chi connectivity index (χ3n) is 4.79. The SMILES string of the molecule is N#Cc1ccc(-c2cc(Cl)cc(OC3C[C@H]4CC[C@@H](C3)N4)n2)cc1. The first-order valence-electron chi connectivity index (χ1n) is 8.30. The quantitative estimate of drug-likeness (QED) is 0.920. The van der Waals surface area contributed by atoms with Crippen molar-refractivity contribution in [2.24, 2.45) is 0 Å². The number of aromatic nitrogens is 1. The van der Waals surface area contributed by atoms with Crippen LogP contribution in [0.3, 0.4) is 0 Å². The largest absolute Gasteiger partial charge is 0.474 e. The molecule has 0 spiro atoms. The molecule has 1 aromatic heterocycles. The van der Waals surface area contributed by atoms with Gasteiger partial charge in [0.15, 0.2) is 0 Å². The molecule has 0 saturated carbocycles. The van der Waals surface area contributed by atoms with E-state index in [4.69, 9.17) is 21.6 Å². The van der Waals surface area contributed by atoms with Crippen molar-refractivity contribution in [3.63, 3.8) is 0 Å². The summed E-state index contributed by atoms with van der Waals surface area (Å²) in [6.07, 6.45) is 4.73. The molecule has 0 aliphatic carbocycles. The van der Waals surface area contributed by atoms with Gasteiger partial charge in [0.25, 0.3) is 0 Å². The molecule has 2 saturated heterocycles. The molecule has 1 aromatic carbocycles. The first-order chi connectivity index (χ1) is 11.7. The van der Waals surface area contributed by atoms with E-state index in [1.54, 1.807) is 18.2 Å². The van der Waals surface area contributed by atoms with Crippen LogP contribution in [-0.2, 0) is 0 Å². The normalized spacial score (nSPS) is 25.2. The van der Waals surface area contributed by atoms with Crippen LogP contribution in [0.4, 0.5) is 0 Å². The van der Waals surface area contributed by atoms with Crippen molar-refractivity contribution in [3.05, 3.63) is 47.0 Å². The summed E-state index contributed by atoms with van der Waals surface area (Å²) < 4.78 is 6.14. The predicted molar refractivity (Wildman–Crippen MR) is 93.0 cm³/mol. The molecule has 2 aliphatic heterocycles. The highest BCUT2D eigenvalue weighted by Crippen LogP contribution is 2.31. The molecule has 24 heavy (non-hydrogen) atoms. The number of nitrogens with zero attached hydrogens (tertiary/aromatic N) is 2. The molecule has 1 unspecified atom stereocenters. The van der Waals surface area contributed by atoms with E-state index in [1.807, 2.05) is 18.2 Å².